The van der Waals surface area contributed by atoms with Crippen LogP contribution in [0, 0.1) is 5.41 Å². The molecule has 1 saturated carbocycles. The third-order valence-corrected chi connectivity index (χ3v) is 5.20. The van der Waals surface area contributed by atoms with Gasteiger partial charge in [-0.05, 0) is 35.8 Å². The van der Waals surface area contributed by atoms with Crippen LogP contribution in [0.25, 0.3) is 0 Å². The molecule has 0 heterocycles. The van der Waals surface area contributed by atoms with Crippen molar-refractivity contribution in [3.63, 3.8) is 0 Å². The number of hydrogen-bond donors (Lipinski definition) is 0. The third-order valence-electron chi connectivity index (χ3n) is 5.20. The van der Waals surface area contributed by atoms with E-state index in [1.807, 2.05) is 0 Å². The molecule has 0 N–H and O–H groups in total. The van der Waals surface area contributed by atoms with E-state index in [1.54, 1.807) is 11.1 Å². The van der Waals surface area contributed by atoms with Gasteiger partial charge in [-0.25, -0.2) is 0 Å². The molecule has 2 aliphatic rings. The van der Waals surface area contributed by atoms with Gasteiger partial charge in [0.1, 0.15) is 0 Å². The molecular formula is C15H20. The van der Waals surface area contributed by atoms with E-state index >= 15 is 0 Å². The van der Waals surface area contributed by atoms with Crippen molar-refractivity contribution in [2.75, 3.05) is 0 Å². The summed E-state index contributed by atoms with van der Waals surface area (Å²) < 4.78 is 0. The molecule has 0 radical (unpaired) electrons. The van der Waals surface area contributed by atoms with Crippen molar-refractivity contribution in [2.45, 2.75) is 51.4 Å². The van der Waals surface area contributed by atoms with Crippen molar-refractivity contribution in [1.29, 1.82) is 0 Å². The summed E-state index contributed by atoms with van der Waals surface area (Å²) >= 11 is 0. The maximum absolute atomic E-state index is 2.51. The van der Waals surface area contributed by atoms with E-state index in [-0.39, 0.29) is 0 Å². The second-order valence-corrected chi connectivity index (χ2v) is 5.93. The van der Waals surface area contributed by atoms with Crippen molar-refractivity contribution in [2.24, 2.45) is 5.41 Å². The standard InChI is InChI=1S/C15H20/c1-14(9-5-6-10-14)15(2)11-12-7-3-4-8-13(12)15/h3-4,7-8H,5-6,9-11H2,1-2H3. The van der Waals surface area contributed by atoms with E-state index in [0.29, 0.717) is 10.8 Å². The minimum Gasteiger partial charge on any atom is -0.0620 e. The summed E-state index contributed by atoms with van der Waals surface area (Å²) in [5.41, 5.74) is 4.27. The first kappa shape index (κ1) is 9.45. The largest absolute Gasteiger partial charge is 0.0620 e. The Labute approximate surface area is 92.7 Å². The summed E-state index contributed by atoms with van der Waals surface area (Å²) in [4.78, 5) is 0. The Balaban J connectivity index is 2.02. The molecule has 1 unspecified atom stereocenters. The van der Waals surface area contributed by atoms with E-state index in [1.165, 1.54) is 32.1 Å². The average Bonchev–Trinajstić information content (AvgIpc) is 2.65. The van der Waals surface area contributed by atoms with Crippen molar-refractivity contribution in [3.05, 3.63) is 35.4 Å². The third kappa shape index (κ3) is 1.08. The molecule has 0 heteroatoms. The van der Waals surface area contributed by atoms with E-state index in [9.17, 15) is 0 Å². The summed E-state index contributed by atoms with van der Waals surface area (Å²) in [7, 11) is 0. The molecular weight excluding hydrogens is 180 g/mol. The quantitative estimate of drug-likeness (QED) is 0.640. The molecule has 1 atom stereocenters. The van der Waals surface area contributed by atoms with Crippen molar-refractivity contribution >= 4 is 0 Å². The fraction of sp³-hybridized carbons (Fsp3) is 0.600. The van der Waals surface area contributed by atoms with Gasteiger partial charge in [-0.1, -0.05) is 51.0 Å². The minimum absolute atomic E-state index is 0.472. The van der Waals surface area contributed by atoms with Crippen molar-refractivity contribution in [1.82, 2.24) is 0 Å². The van der Waals surface area contributed by atoms with Crippen molar-refractivity contribution in [3.8, 4) is 0 Å². The molecule has 0 spiro atoms. The highest BCUT2D eigenvalue weighted by Crippen LogP contribution is 2.58. The second kappa shape index (κ2) is 2.87. The van der Waals surface area contributed by atoms with Gasteiger partial charge in [-0.2, -0.15) is 0 Å². The summed E-state index contributed by atoms with van der Waals surface area (Å²) in [6.07, 6.45) is 7.04. The van der Waals surface area contributed by atoms with Crippen LogP contribution in [0.5, 0.6) is 0 Å². The molecule has 0 amide bonds. The lowest BCUT2D eigenvalue weighted by atomic mass is 9.51. The maximum Gasteiger partial charge on any atom is 0.00216 e. The van der Waals surface area contributed by atoms with Crippen LogP contribution >= 0.6 is 0 Å². The second-order valence-electron chi connectivity index (χ2n) is 5.93. The molecule has 80 valence electrons. The highest BCUT2D eigenvalue weighted by atomic mass is 14.6. The lowest BCUT2D eigenvalue weighted by Gasteiger charge is -2.52. The molecule has 3 rings (SSSR count). The molecule has 1 aromatic rings. The van der Waals surface area contributed by atoms with Crippen LogP contribution in [0.1, 0.15) is 50.7 Å². The zero-order valence-electron chi connectivity index (χ0n) is 9.84. The molecule has 0 bridgehead atoms. The molecule has 15 heavy (non-hydrogen) atoms. The smallest absolute Gasteiger partial charge is 0.00216 e. The Kier molecular flexibility index (Phi) is 1.81. The molecule has 2 aliphatic carbocycles. The highest BCUT2D eigenvalue weighted by Gasteiger charge is 2.52. The minimum atomic E-state index is 0.472. The first-order valence-corrected chi connectivity index (χ1v) is 6.24. The summed E-state index contributed by atoms with van der Waals surface area (Å²) in [5, 5.41) is 0. The van der Waals surface area contributed by atoms with Crippen LogP contribution in [-0.2, 0) is 11.8 Å². The van der Waals surface area contributed by atoms with Gasteiger partial charge in [0, 0.05) is 5.41 Å². The topological polar surface area (TPSA) is 0 Å². The van der Waals surface area contributed by atoms with Gasteiger partial charge < -0.3 is 0 Å². The van der Waals surface area contributed by atoms with Crippen LogP contribution in [0.4, 0.5) is 0 Å². The van der Waals surface area contributed by atoms with Crippen LogP contribution < -0.4 is 0 Å². The van der Waals surface area contributed by atoms with Gasteiger partial charge in [0.2, 0.25) is 0 Å². The van der Waals surface area contributed by atoms with E-state index in [0.717, 1.165) is 0 Å². The normalized spacial score (nSPS) is 32.1. The Bertz CT molecular complexity index is 385. The Morgan fingerprint density at radius 2 is 1.67 bits per heavy atom. The highest BCUT2D eigenvalue weighted by molar-refractivity contribution is 5.46. The van der Waals surface area contributed by atoms with Gasteiger partial charge >= 0.3 is 0 Å². The van der Waals surface area contributed by atoms with Gasteiger partial charge in [0.05, 0.1) is 0 Å². The molecule has 1 aromatic carbocycles. The zero-order chi connectivity index (χ0) is 10.5. The first-order chi connectivity index (χ1) is 7.16. The van der Waals surface area contributed by atoms with Gasteiger partial charge in [0.15, 0.2) is 0 Å². The fourth-order valence-electron chi connectivity index (χ4n) is 3.83. The molecule has 0 aromatic heterocycles. The number of benzene rings is 1. The fourth-order valence-corrected chi connectivity index (χ4v) is 3.83. The Hall–Kier alpha value is -0.780. The van der Waals surface area contributed by atoms with Crippen molar-refractivity contribution < 1.29 is 0 Å². The van der Waals surface area contributed by atoms with Crippen LogP contribution in [-0.4, -0.2) is 0 Å². The van der Waals surface area contributed by atoms with Gasteiger partial charge in [-0.3, -0.25) is 0 Å². The van der Waals surface area contributed by atoms with Gasteiger partial charge in [0.25, 0.3) is 0 Å². The predicted molar refractivity (Wildman–Crippen MR) is 64.1 cm³/mol. The maximum atomic E-state index is 2.51. The van der Waals surface area contributed by atoms with E-state index in [2.05, 4.69) is 38.1 Å². The van der Waals surface area contributed by atoms with Gasteiger partial charge in [-0.15, -0.1) is 0 Å². The number of rotatable bonds is 1. The Morgan fingerprint density at radius 3 is 2.33 bits per heavy atom. The lowest BCUT2D eigenvalue weighted by Crippen LogP contribution is -2.48. The van der Waals surface area contributed by atoms with Crippen LogP contribution in [0.3, 0.4) is 0 Å². The lowest BCUT2D eigenvalue weighted by molar-refractivity contribution is 0.134. The molecule has 1 fully saturated rings. The predicted octanol–water partition coefficient (Wildman–Crippen LogP) is 4.08. The summed E-state index contributed by atoms with van der Waals surface area (Å²) in [6, 6.07) is 9.03. The summed E-state index contributed by atoms with van der Waals surface area (Å²) in [6.45, 7) is 5.00. The van der Waals surface area contributed by atoms with Crippen LogP contribution in [0.15, 0.2) is 24.3 Å². The van der Waals surface area contributed by atoms with Crippen LogP contribution in [0.2, 0.25) is 0 Å². The summed E-state index contributed by atoms with van der Waals surface area (Å²) in [5.74, 6) is 0. The molecule has 0 aliphatic heterocycles. The zero-order valence-corrected chi connectivity index (χ0v) is 9.84. The first-order valence-electron chi connectivity index (χ1n) is 6.24. The average molecular weight is 200 g/mol. The number of hydrogen-bond acceptors (Lipinski definition) is 0. The SMILES string of the molecule is CC1(C2(C)Cc3ccccc32)CCCC1. The molecule has 0 saturated heterocycles. The number of fused-ring (bicyclic) bond motifs is 1. The van der Waals surface area contributed by atoms with E-state index < -0.39 is 0 Å². The van der Waals surface area contributed by atoms with E-state index in [4.69, 9.17) is 0 Å². The Morgan fingerprint density at radius 1 is 1.00 bits per heavy atom. The molecule has 0 nitrogen and oxygen atoms in total. The monoisotopic (exact) mass is 200 g/mol.